The smallest absolute Gasteiger partial charge is 0.0591 e. The minimum absolute atomic E-state index is 0.534. The zero-order valence-electron chi connectivity index (χ0n) is 10.1. The lowest BCUT2D eigenvalue weighted by molar-refractivity contribution is 0.136. The predicted molar refractivity (Wildman–Crippen MR) is 63.9 cm³/mol. The van der Waals surface area contributed by atoms with Gasteiger partial charge in [0.1, 0.15) is 0 Å². The van der Waals surface area contributed by atoms with Crippen LogP contribution in [0, 0.1) is 5.41 Å². The minimum atomic E-state index is 0.534. The van der Waals surface area contributed by atoms with Crippen LogP contribution in [-0.2, 0) is 4.74 Å². The number of nitrogens with two attached hydrogens (primary N) is 1. The molecule has 90 valence electrons. The van der Waals surface area contributed by atoms with Crippen molar-refractivity contribution in [3.63, 3.8) is 0 Å². The zero-order valence-corrected chi connectivity index (χ0v) is 10.1. The van der Waals surface area contributed by atoms with E-state index in [4.69, 9.17) is 10.5 Å². The normalized spacial score (nSPS) is 20.4. The van der Waals surface area contributed by atoms with E-state index in [1.807, 2.05) is 0 Å². The Morgan fingerprint density at radius 3 is 2.60 bits per heavy atom. The van der Waals surface area contributed by atoms with E-state index in [0.29, 0.717) is 18.6 Å². The van der Waals surface area contributed by atoms with Gasteiger partial charge in [-0.15, -0.1) is 0 Å². The van der Waals surface area contributed by atoms with Gasteiger partial charge in [-0.3, -0.25) is 0 Å². The monoisotopic (exact) mass is 214 g/mol. The first-order valence-electron chi connectivity index (χ1n) is 6.25. The summed E-state index contributed by atoms with van der Waals surface area (Å²) in [6.07, 6.45) is 6.99. The number of rotatable bonds is 7. The Morgan fingerprint density at radius 2 is 1.93 bits per heavy atom. The second-order valence-electron chi connectivity index (χ2n) is 4.95. The molecule has 3 nitrogen and oxygen atoms in total. The summed E-state index contributed by atoms with van der Waals surface area (Å²) in [5.41, 5.74) is 5.87. The highest BCUT2D eigenvalue weighted by atomic mass is 16.5. The molecule has 0 amide bonds. The molecule has 1 saturated carbocycles. The summed E-state index contributed by atoms with van der Waals surface area (Å²) in [5.74, 6) is 0. The molecule has 1 aliphatic carbocycles. The molecular formula is C12H26N2O. The van der Waals surface area contributed by atoms with E-state index < -0.39 is 0 Å². The molecule has 0 aromatic heterocycles. The van der Waals surface area contributed by atoms with Crippen molar-refractivity contribution in [2.45, 2.75) is 39.0 Å². The Labute approximate surface area is 93.8 Å². The largest absolute Gasteiger partial charge is 0.379 e. The first kappa shape index (κ1) is 12.9. The molecule has 15 heavy (non-hydrogen) atoms. The SMILES string of the molecule is CC1(CNCCOCCN)CCCCC1. The molecule has 0 atom stereocenters. The third-order valence-electron chi connectivity index (χ3n) is 3.30. The van der Waals surface area contributed by atoms with Gasteiger partial charge in [-0.05, 0) is 18.3 Å². The highest BCUT2D eigenvalue weighted by Gasteiger charge is 2.25. The number of hydrogen-bond acceptors (Lipinski definition) is 3. The molecular weight excluding hydrogens is 188 g/mol. The first-order valence-corrected chi connectivity index (χ1v) is 6.25. The van der Waals surface area contributed by atoms with Gasteiger partial charge in [-0.2, -0.15) is 0 Å². The van der Waals surface area contributed by atoms with E-state index in [0.717, 1.165) is 19.7 Å². The summed E-state index contributed by atoms with van der Waals surface area (Å²) in [4.78, 5) is 0. The Hall–Kier alpha value is -0.120. The highest BCUT2D eigenvalue weighted by Crippen LogP contribution is 2.34. The van der Waals surface area contributed by atoms with Gasteiger partial charge in [0.2, 0.25) is 0 Å². The molecule has 3 heteroatoms. The maximum absolute atomic E-state index is 5.34. The van der Waals surface area contributed by atoms with E-state index >= 15 is 0 Å². The Morgan fingerprint density at radius 1 is 1.20 bits per heavy atom. The average molecular weight is 214 g/mol. The van der Waals surface area contributed by atoms with Gasteiger partial charge in [0, 0.05) is 19.6 Å². The summed E-state index contributed by atoms with van der Waals surface area (Å²) in [6.45, 7) is 6.58. The van der Waals surface area contributed by atoms with Crippen LogP contribution in [0.4, 0.5) is 0 Å². The Bertz CT molecular complexity index is 156. The van der Waals surface area contributed by atoms with Crippen LogP contribution in [0.25, 0.3) is 0 Å². The molecule has 0 heterocycles. The quantitative estimate of drug-likeness (QED) is 0.632. The number of ether oxygens (including phenoxy) is 1. The van der Waals surface area contributed by atoms with Crippen LogP contribution in [0.1, 0.15) is 39.0 Å². The minimum Gasteiger partial charge on any atom is -0.379 e. The van der Waals surface area contributed by atoms with Gasteiger partial charge in [0.05, 0.1) is 13.2 Å². The van der Waals surface area contributed by atoms with Crippen LogP contribution >= 0.6 is 0 Å². The van der Waals surface area contributed by atoms with Crippen LogP contribution in [0.15, 0.2) is 0 Å². The van der Waals surface area contributed by atoms with Crippen molar-refractivity contribution < 1.29 is 4.74 Å². The molecule has 1 fully saturated rings. The topological polar surface area (TPSA) is 47.3 Å². The van der Waals surface area contributed by atoms with Crippen LogP contribution < -0.4 is 11.1 Å². The number of hydrogen-bond donors (Lipinski definition) is 2. The maximum atomic E-state index is 5.34. The second kappa shape index (κ2) is 7.20. The molecule has 0 unspecified atom stereocenters. The van der Waals surface area contributed by atoms with Gasteiger partial charge in [-0.25, -0.2) is 0 Å². The zero-order chi connectivity index (χ0) is 11.0. The lowest BCUT2D eigenvalue weighted by atomic mass is 9.76. The lowest BCUT2D eigenvalue weighted by Crippen LogP contribution is -2.35. The third-order valence-corrected chi connectivity index (χ3v) is 3.30. The molecule has 1 aliphatic rings. The fourth-order valence-corrected chi connectivity index (χ4v) is 2.30. The molecule has 3 N–H and O–H groups in total. The van der Waals surface area contributed by atoms with E-state index in [-0.39, 0.29) is 0 Å². The van der Waals surface area contributed by atoms with E-state index in [2.05, 4.69) is 12.2 Å². The van der Waals surface area contributed by atoms with Crippen LogP contribution in [0.3, 0.4) is 0 Å². The predicted octanol–water partition coefficient (Wildman–Crippen LogP) is 1.52. The molecule has 0 saturated heterocycles. The van der Waals surface area contributed by atoms with Crippen LogP contribution in [-0.4, -0.2) is 32.8 Å². The summed E-state index contributed by atoms with van der Waals surface area (Å²) in [6, 6.07) is 0. The second-order valence-corrected chi connectivity index (χ2v) is 4.95. The van der Waals surface area contributed by atoms with Crippen molar-refractivity contribution in [2.24, 2.45) is 11.1 Å². The van der Waals surface area contributed by atoms with Gasteiger partial charge in [0.15, 0.2) is 0 Å². The maximum Gasteiger partial charge on any atom is 0.0591 e. The summed E-state index contributed by atoms with van der Waals surface area (Å²) in [5, 5.41) is 3.49. The van der Waals surface area contributed by atoms with Crippen molar-refractivity contribution in [3.8, 4) is 0 Å². The van der Waals surface area contributed by atoms with Crippen molar-refractivity contribution in [3.05, 3.63) is 0 Å². The lowest BCUT2D eigenvalue weighted by Gasteiger charge is -2.33. The molecule has 0 bridgehead atoms. The molecule has 0 aromatic rings. The van der Waals surface area contributed by atoms with E-state index in [9.17, 15) is 0 Å². The molecule has 0 spiro atoms. The van der Waals surface area contributed by atoms with Crippen molar-refractivity contribution in [1.82, 2.24) is 5.32 Å². The van der Waals surface area contributed by atoms with Crippen LogP contribution in [0.2, 0.25) is 0 Å². The summed E-state index contributed by atoms with van der Waals surface area (Å²) in [7, 11) is 0. The van der Waals surface area contributed by atoms with Crippen molar-refractivity contribution in [2.75, 3.05) is 32.8 Å². The average Bonchev–Trinajstić information content (AvgIpc) is 2.24. The van der Waals surface area contributed by atoms with Gasteiger partial charge in [0.25, 0.3) is 0 Å². The number of nitrogens with one attached hydrogen (secondary N) is 1. The van der Waals surface area contributed by atoms with E-state index in [1.54, 1.807) is 0 Å². The third kappa shape index (κ3) is 5.50. The highest BCUT2D eigenvalue weighted by molar-refractivity contribution is 4.80. The first-order chi connectivity index (χ1) is 7.27. The van der Waals surface area contributed by atoms with E-state index in [1.165, 1.54) is 32.1 Å². The molecule has 0 aromatic carbocycles. The summed E-state index contributed by atoms with van der Waals surface area (Å²) >= 11 is 0. The summed E-state index contributed by atoms with van der Waals surface area (Å²) < 4.78 is 5.32. The van der Waals surface area contributed by atoms with Crippen molar-refractivity contribution in [1.29, 1.82) is 0 Å². The molecule has 1 rings (SSSR count). The van der Waals surface area contributed by atoms with Gasteiger partial charge in [-0.1, -0.05) is 26.2 Å². The van der Waals surface area contributed by atoms with Gasteiger partial charge >= 0.3 is 0 Å². The van der Waals surface area contributed by atoms with Crippen molar-refractivity contribution >= 4 is 0 Å². The Kier molecular flexibility index (Phi) is 6.22. The van der Waals surface area contributed by atoms with Gasteiger partial charge < -0.3 is 15.8 Å². The Balaban J connectivity index is 1.98. The fourth-order valence-electron chi connectivity index (χ4n) is 2.30. The fraction of sp³-hybridized carbons (Fsp3) is 1.00. The van der Waals surface area contributed by atoms with Crippen LogP contribution in [0.5, 0.6) is 0 Å². The molecule has 0 aliphatic heterocycles. The molecule has 0 radical (unpaired) electrons. The standard InChI is InChI=1S/C12H26N2O/c1-12(5-3-2-4-6-12)11-14-8-10-15-9-7-13/h14H,2-11,13H2,1H3.